The highest BCUT2D eigenvalue weighted by Gasteiger charge is 2.26. The number of nitrogens with zero attached hydrogens (tertiary/aromatic N) is 1. The molecule has 1 fully saturated rings. The minimum Gasteiger partial charge on any atom is -0.386 e. The summed E-state index contributed by atoms with van der Waals surface area (Å²) in [4.78, 5) is 12.6. The molecule has 0 aromatic heterocycles. The Morgan fingerprint density at radius 2 is 1.70 bits per heavy atom. The van der Waals surface area contributed by atoms with Gasteiger partial charge in [0.25, 0.3) is 5.91 Å². The topological polar surface area (TPSA) is 78.6 Å². The second kappa shape index (κ2) is 10.6. The number of alkyl halides is 3. The monoisotopic (exact) mass is 453 g/mol. The predicted octanol–water partition coefficient (Wildman–Crippen LogP) is 3.04. The van der Waals surface area contributed by atoms with Crippen LogP contribution in [0.4, 0.5) is 4.39 Å². The Kier molecular flexibility index (Phi) is 8.08. The van der Waals surface area contributed by atoms with Crippen LogP contribution in [0.3, 0.4) is 0 Å². The van der Waals surface area contributed by atoms with Crippen molar-refractivity contribution in [3.05, 3.63) is 59.7 Å². The molecule has 2 atom stereocenters. The number of carbonyl (C=O) groups is 1. The lowest BCUT2D eigenvalue weighted by molar-refractivity contribution is -0.121. The summed E-state index contributed by atoms with van der Waals surface area (Å²) in [6.07, 6.45) is -1.21. The van der Waals surface area contributed by atoms with E-state index in [-0.39, 0.29) is 0 Å². The average molecular weight is 454 g/mol. The molecule has 2 aromatic rings. The van der Waals surface area contributed by atoms with Crippen LogP contribution in [0.15, 0.2) is 48.5 Å². The van der Waals surface area contributed by atoms with Crippen LogP contribution in [-0.4, -0.2) is 53.1 Å². The first kappa shape index (κ1) is 23.0. The molecule has 1 heterocycles. The average Bonchev–Trinajstić information content (AvgIpc) is 2.74. The molecular formula is C22H26Cl2FN3O2. The number of carbonyl (C=O) groups excluding carboxylic acids is 1. The van der Waals surface area contributed by atoms with E-state index in [4.69, 9.17) is 28.9 Å². The number of nitrogens with two attached hydrogens (primary N) is 1. The maximum atomic E-state index is 13.3. The maximum absolute atomic E-state index is 13.3. The van der Waals surface area contributed by atoms with Crippen molar-refractivity contribution in [1.29, 1.82) is 0 Å². The van der Waals surface area contributed by atoms with E-state index in [0.29, 0.717) is 11.5 Å². The summed E-state index contributed by atoms with van der Waals surface area (Å²) >= 11 is 10.9. The van der Waals surface area contributed by atoms with Crippen LogP contribution in [0.25, 0.3) is 11.1 Å². The second-order valence-corrected chi connectivity index (χ2v) is 8.73. The minimum absolute atomic E-state index is 0.492. The van der Waals surface area contributed by atoms with E-state index in [2.05, 4.69) is 34.5 Å². The normalized spacial score (nSPS) is 16.9. The quantitative estimate of drug-likeness (QED) is 0.509. The van der Waals surface area contributed by atoms with E-state index in [9.17, 15) is 14.3 Å². The summed E-state index contributed by atoms with van der Waals surface area (Å²) < 4.78 is 13.3. The summed E-state index contributed by atoms with van der Waals surface area (Å²) in [6.45, 7) is 2.83. The van der Waals surface area contributed by atoms with Crippen LogP contribution >= 0.6 is 23.2 Å². The van der Waals surface area contributed by atoms with Crippen molar-refractivity contribution in [3.63, 3.8) is 0 Å². The molecule has 5 nitrogen and oxygen atoms in total. The van der Waals surface area contributed by atoms with Crippen molar-refractivity contribution in [2.24, 2.45) is 11.7 Å². The highest BCUT2D eigenvalue weighted by atomic mass is 35.5. The Morgan fingerprint density at radius 1 is 1.13 bits per heavy atom. The zero-order chi connectivity index (χ0) is 21.7. The predicted molar refractivity (Wildman–Crippen MR) is 118 cm³/mol. The Morgan fingerprint density at radius 3 is 2.20 bits per heavy atom. The molecule has 30 heavy (non-hydrogen) atoms. The van der Waals surface area contributed by atoms with E-state index in [0.717, 1.165) is 37.3 Å². The lowest BCUT2D eigenvalue weighted by atomic mass is 9.97. The summed E-state index contributed by atoms with van der Waals surface area (Å²) in [5.41, 5.74) is 9.44. The SMILES string of the molecule is NCC1CN(Cc2ccc(-c3ccc([C@@H](O)[C@@H](CF)NC(=O)C(Cl)Cl)cc3)cc2)C1. The molecule has 0 unspecified atom stereocenters. The second-order valence-electron chi connectivity index (χ2n) is 7.63. The number of amides is 1. The molecule has 1 aliphatic rings. The Hall–Kier alpha value is -1.70. The molecule has 162 valence electrons. The molecule has 0 bridgehead atoms. The van der Waals surface area contributed by atoms with E-state index in [1.807, 2.05) is 12.1 Å². The molecule has 4 N–H and O–H groups in total. The zero-order valence-electron chi connectivity index (χ0n) is 16.5. The minimum atomic E-state index is -1.32. The molecule has 1 aliphatic heterocycles. The molecule has 8 heteroatoms. The number of benzene rings is 2. The van der Waals surface area contributed by atoms with Gasteiger partial charge in [-0.05, 0) is 34.7 Å². The van der Waals surface area contributed by atoms with Crippen molar-refractivity contribution < 1.29 is 14.3 Å². The molecule has 0 saturated carbocycles. The lowest BCUT2D eigenvalue weighted by Gasteiger charge is -2.38. The third-order valence-corrected chi connectivity index (χ3v) is 5.78. The number of nitrogens with one attached hydrogen (secondary N) is 1. The molecule has 1 saturated heterocycles. The highest BCUT2D eigenvalue weighted by Crippen LogP contribution is 2.25. The first-order chi connectivity index (χ1) is 14.4. The van der Waals surface area contributed by atoms with Crippen LogP contribution < -0.4 is 11.1 Å². The third-order valence-electron chi connectivity index (χ3n) is 5.39. The first-order valence-corrected chi connectivity index (χ1v) is 10.7. The fraction of sp³-hybridized carbons (Fsp3) is 0.409. The molecule has 1 amide bonds. The van der Waals surface area contributed by atoms with Gasteiger partial charge in [0.1, 0.15) is 12.8 Å². The van der Waals surface area contributed by atoms with Crippen LogP contribution in [-0.2, 0) is 11.3 Å². The molecule has 0 aliphatic carbocycles. The van der Waals surface area contributed by atoms with Crippen molar-refractivity contribution in [2.45, 2.75) is 23.5 Å². The molecule has 0 radical (unpaired) electrons. The van der Waals surface area contributed by atoms with Gasteiger partial charge in [-0.25, -0.2) is 4.39 Å². The van der Waals surface area contributed by atoms with Crippen molar-refractivity contribution in [2.75, 3.05) is 26.3 Å². The molecule has 0 spiro atoms. The number of hydrogen-bond acceptors (Lipinski definition) is 4. The van der Waals surface area contributed by atoms with Crippen LogP contribution in [0.5, 0.6) is 0 Å². The van der Waals surface area contributed by atoms with Crippen molar-refractivity contribution in [1.82, 2.24) is 10.2 Å². The van der Waals surface area contributed by atoms with Gasteiger partial charge >= 0.3 is 0 Å². The smallest absolute Gasteiger partial charge is 0.253 e. The number of hydrogen-bond donors (Lipinski definition) is 3. The van der Waals surface area contributed by atoms with E-state index in [1.54, 1.807) is 12.1 Å². The van der Waals surface area contributed by atoms with Crippen LogP contribution in [0.1, 0.15) is 17.2 Å². The zero-order valence-corrected chi connectivity index (χ0v) is 18.0. The number of aliphatic hydroxyl groups excluding tert-OH is 1. The fourth-order valence-electron chi connectivity index (χ4n) is 3.57. The molecule has 2 aromatic carbocycles. The lowest BCUT2D eigenvalue weighted by Crippen LogP contribution is -2.49. The van der Waals surface area contributed by atoms with Gasteiger partial charge in [-0.2, -0.15) is 0 Å². The van der Waals surface area contributed by atoms with Gasteiger partial charge in [0, 0.05) is 19.6 Å². The maximum Gasteiger partial charge on any atom is 0.253 e. The van der Waals surface area contributed by atoms with Crippen LogP contribution in [0, 0.1) is 5.92 Å². The van der Waals surface area contributed by atoms with Gasteiger partial charge in [0.15, 0.2) is 4.84 Å². The van der Waals surface area contributed by atoms with E-state index >= 15 is 0 Å². The Bertz CT molecular complexity index is 827. The summed E-state index contributed by atoms with van der Waals surface area (Å²) in [5.74, 6) is -0.122. The van der Waals surface area contributed by atoms with Crippen molar-refractivity contribution >= 4 is 29.1 Å². The number of rotatable bonds is 9. The fourth-order valence-corrected chi connectivity index (χ4v) is 3.69. The van der Waals surface area contributed by atoms with Crippen LogP contribution in [0.2, 0.25) is 0 Å². The number of aliphatic hydroxyl groups is 1. The largest absolute Gasteiger partial charge is 0.386 e. The van der Waals surface area contributed by atoms with Gasteiger partial charge in [-0.1, -0.05) is 71.7 Å². The van der Waals surface area contributed by atoms with Gasteiger partial charge in [0.2, 0.25) is 0 Å². The van der Waals surface area contributed by atoms with Gasteiger partial charge < -0.3 is 16.2 Å². The standard InChI is InChI=1S/C22H26Cl2FN3O2/c23-21(24)22(30)27-19(9-25)20(29)18-7-5-17(6-8-18)16-3-1-14(2-4-16)11-28-12-15(10-26)13-28/h1-8,15,19-21,29H,9-13,26H2,(H,27,30)/t19-,20-/m1/s1. The summed E-state index contributed by atoms with van der Waals surface area (Å²) in [6, 6.07) is 14.4. The first-order valence-electron chi connectivity index (χ1n) is 9.85. The molecular weight excluding hydrogens is 428 g/mol. The van der Waals surface area contributed by atoms with Gasteiger partial charge in [-0.15, -0.1) is 0 Å². The summed E-state index contributed by atoms with van der Waals surface area (Å²) in [5, 5.41) is 12.7. The van der Waals surface area contributed by atoms with E-state index in [1.165, 1.54) is 5.56 Å². The Labute approximate surface area is 186 Å². The molecule has 3 rings (SSSR count). The highest BCUT2D eigenvalue weighted by molar-refractivity contribution is 6.53. The van der Waals surface area contributed by atoms with Gasteiger partial charge in [-0.3, -0.25) is 9.69 Å². The third kappa shape index (κ3) is 5.71. The van der Waals surface area contributed by atoms with E-state index < -0.39 is 29.6 Å². The van der Waals surface area contributed by atoms with Crippen molar-refractivity contribution in [3.8, 4) is 11.1 Å². The Balaban J connectivity index is 1.61. The van der Waals surface area contributed by atoms with Gasteiger partial charge in [0.05, 0.1) is 6.04 Å². The number of likely N-dealkylation sites (tertiary alicyclic amines) is 1. The summed E-state index contributed by atoms with van der Waals surface area (Å²) in [7, 11) is 0. The number of halogens is 3.